The van der Waals surface area contributed by atoms with Gasteiger partial charge in [-0.25, -0.2) is 8.42 Å². The average Bonchev–Trinajstić information content (AvgIpc) is 2.98. The van der Waals surface area contributed by atoms with Crippen molar-refractivity contribution >= 4 is 27.7 Å². The van der Waals surface area contributed by atoms with E-state index < -0.39 is 10.0 Å². The summed E-state index contributed by atoms with van der Waals surface area (Å²) in [5, 5.41) is 0. The Labute approximate surface area is 165 Å². The Morgan fingerprint density at radius 3 is 2.63 bits per heavy atom. The van der Waals surface area contributed by atoms with Gasteiger partial charge in [0.15, 0.2) is 0 Å². The number of amides is 1. The molecule has 0 radical (unpaired) electrons. The van der Waals surface area contributed by atoms with Crippen LogP contribution in [0.3, 0.4) is 0 Å². The van der Waals surface area contributed by atoms with Crippen LogP contribution in [0.2, 0.25) is 0 Å². The van der Waals surface area contributed by atoms with E-state index in [0.717, 1.165) is 5.75 Å². The lowest BCUT2D eigenvalue weighted by molar-refractivity contribution is -0.130. The predicted octanol–water partition coefficient (Wildman–Crippen LogP) is 1.30. The summed E-state index contributed by atoms with van der Waals surface area (Å²) in [6.07, 6.45) is 0. The second kappa shape index (κ2) is 8.81. The summed E-state index contributed by atoms with van der Waals surface area (Å²) in [4.78, 5) is 14.6. The van der Waals surface area contributed by atoms with Crippen molar-refractivity contribution in [1.82, 2.24) is 9.21 Å². The quantitative estimate of drug-likeness (QED) is 0.698. The Morgan fingerprint density at radius 1 is 1.22 bits per heavy atom. The van der Waals surface area contributed by atoms with Crippen LogP contribution in [0.5, 0.6) is 5.75 Å². The molecule has 9 heteroatoms. The molecule has 3 rings (SSSR count). The maximum Gasteiger partial charge on any atom is 0.243 e. The summed E-state index contributed by atoms with van der Waals surface area (Å²) < 4.78 is 38.8. The van der Waals surface area contributed by atoms with E-state index in [1.54, 1.807) is 43.1 Å². The lowest BCUT2D eigenvalue weighted by Crippen LogP contribution is -2.48. The molecule has 0 saturated carbocycles. The number of thioether (sulfide) groups is 1. The van der Waals surface area contributed by atoms with Crippen molar-refractivity contribution in [3.8, 4) is 5.75 Å². The SMILES string of the molecule is CCSCC(=O)N1C[C@@H]2COC[C@H](C1)N(S(=O)(=O)c1ccc(OC)cc1)C2. The second-order valence-electron chi connectivity index (χ2n) is 6.74. The molecule has 2 aliphatic heterocycles. The minimum absolute atomic E-state index is 0.0268. The van der Waals surface area contributed by atoms with Crippen LogP contribution < -0.4 is 4.74 Å². The molecule has 0 aliphatic carbocycles. The minimum Gasteiger partial charge on any atom is -0.497 e. The zero-order valence-electron chi connectivity index (χ0n) is 15.7. The van der Waals surface area contributed by atoms with Crippen LogP contribution in [-0.2, 0) is 19.6 Å². The summed E-state index contributed by atoms with van der Waals surface area (Å²) in [6, 6.07) is 6.03. The van der Waals surface area contributed by atoms with Crippen LogP contribution in [-0.4, -0.2) is 81.0 Å². The van der Waals surface area contributed by atoms with Crippen LogP contribution in [0.4, 0.5) is 0 Å². The molecule has 1 aromatic carbocycles. The molecular formula is C18H26N2O5S2. The number of hydrogen-bond donors (Lipinski definition) is 0. The number of carbonyl (C=O) groups is 1. The summed E-state index contributed by atoms with van der Waals surface area (Å²) in [7, 11) is -2.13. The highest BCUT2D eigenvalue weighted by molar-refractivity contribution is 7.99. The van der Waals surface area contributed by atoms with Crippen LogP contribution >= 0.6 is 11.8 Å². The first-order valence-corrected chi connectivity index (χ1v) is 11.6. The van der Waals surface area contributed by atoms with E-state index in [0.29, 0.717) is 44.4 Å². The number of fused-ring (bicyclic) bond motifs is 3. The highest BCUT2D eigenvalue weighted by Crippen LogP contribution is 2.27. The van der Waals surface area contributed by atoms with Crippen LogP contribution in [0, 0.1) is 5.92 Å². The highest BCUT2D eigenvalue weighted by Gasteiger charge is 2.41. The Bertz CT molecular complexity index is 754. The van der Waals surface area contributed by atoms with Gasteiger partial charge in [0.2, 0.25) is 15.9 Å². The van der Waals surface area contributed by atoms with Crippen molar-refractivity contribution in [2.45, 2.75) is 17.9 Å². The average molecular weight is 415 g/mol. The molecule has 2 atom stereocenters. The first-order chi connectivity index (χ1) is 13.0. The fourth-order valence-electron chi connectivity index (χ4n) is 3.47. The molecule has 1 aromatic rings. The molecule has 2 fully saturated rings. The maximum atomic E-state index is 13.3. The van der Waals surface area contributed by atoms with Gasteiger partial charge < -0.3 is 14.4 Å². The van der Waals surface area contributed by atoms with Gasteiger partial charge in [0.05, 0.1) is 37.0 Å². The zero-order chi connectivity index (χ0) is 19.4. The molecule has 2 bridgehead atoms. The monoisotopic (exact) mass is 414 g/mol. The molecule has 7 nitrogen and oxygen atoms in total. The molecular weight excluding hydrogens is 388 g/mol. The van der Waals surface area contributed by atoms with Gasteiger partial charge in [0, 0.05) is 25.6 Å². The van der Waals surface area contributed by atoms with Crippen molar-refractivity contribution in [1.29, 1.82) is 0 Å². The van der Waals surface area contributed by atoms with E-state index in [1.807, 2.05) is 11.8 Å². The number of ether oxygens (including phenoxy) is 2. The van der Waals surface area contributed by atoms with Crippen LogP contribution in [0.15, 0.2) is 29.2 Å². The number of methoxy groups -OCH3 is 1. The zero-order valence-corrected chi connectivity index (χ0v) is 17.3. The van der Waals surface area contributed by atoms with E-state index in [4.69, 9.17) is 9.47 Å². The number of sulfonamides is 1. The van der Waals surface area contributed by atoms with Gasteiger partial charge in [-0.05, 0) is 30.0 Å². The van der Waals surface area contributed by atoms with Gasteiger partial charge in [-0.3, -0.25) is 4.79 Å². The van der Waals surface area contributed by atoms with Crippen molar-refractivity contribution in [3.05, 3.63) is 24.3 Å². The molecule has 0 N–H and O–H groups in total. The number of nitrogens with zero attached hydrogens (tertiary/aromatic N) is 2. The molecule has 0 aromatic heterocycles. The van der Waals surface area contributed by atoms with Crippen molar-refractivity contribution in [2.75, 3.05) is 51.5 Å². The normalized spacial score (nSPS) is 23.7. The highest BCUT2D eigenvalue weighted by atomic mass is 32.2. The Balaban J connectivity index is 1.84. The molecule has 0 unspecified atom stereocenters. The Morgan fingerprint density at radius 2 is 1.96 bits per heavy atom. The predicted molar refractivity (Wildman–Crippen MR) is 105 cm³/mol. The Hall–Kier alpha value is -1.29. The lowest BCUT2D eigenvalue weighted by atomic mass is 10.1. The number of carbonyl (C=O) groups excluding carboxylic acids is 1. The first-order valence-electron chi connectivity index (χ1n) is 9.04. The molecule has 2 aliphatic rings. The molecule has 2 saturated heterocycles. The van der Waals surface area contributed by atoms with Crippen LogP contribution in [0.25, 0.3) is 0 Å². The topological polar surface area (TPSA) is 76.2 Å². The number of rotatable bonds is 6. The minimum atomic E-state index is -3.68. The van der Waals surface area contributed by atoms with Crippen molar-refractivity contribution in [3.63, 3.8) is 0 Å². The first kappa shape index (κ1) is 20.4. The van der Waals surface area contributed by atoms with E-state index in [2.05, 4.69) is 0 Å². The van der Waals surface area contributed by atoms with Gasteiger partial charge in [-0.15, -0.1) is 0 Å². The maximum absolute atomic E-state index is 13.3. The number of hydrogen-bond acceptors (Lipinski definition) is 6. The van der Waals surface area contributed by atoms with Gasteiger partial charge >= 0.3 is 0 Å². The van der Waals surface area contributed by atoms with Crippen molar-refractivity contribution in [2.24, 2.45) is 5.92 Å². The van der Waals surface area contributed by atoms with Crippen LogP contribution in [0.1, 0.15) is 6.92 Å². The molecule has 150 valence electrons. The molecule has 0 spiro atoms. The van der Waals surface area contributed by atoms with E-state index >= 15 is 0 Å². The summed E-state index contributed by atoms with van der Waals surface area (Å²) in [5.74, 6) is 1.97. The summed E-state index contributed by atoms with van der Waals surface area (Å²) in [6.45, 7) is 4.06. The third kappa shape index (κ3) is 4.59. The Kier molecular flexibility index (Phi) is 6.67. The summed E-state index contributed by atoms with van der Waals surface area (Å²) in [5.41, 5.74) is 0. The van der Waals surface area contributed by atoms with Gasteiger partial charge in [0.25, 0.3) is 0 Å². The van der Waals surface area contributed by atoms with E-state index in [-0.39, 0.29) is 22.8 Å². The fraction of sp³-hybridized carbons (Fsp3) is 0.611. The fourth-order valence-corrected chi connectivity index (χ4v) is 5.71. The summed E-state index contributed by atoms with van der Waals surface area (Å²) >= 11 is 1.59. The van der Waals surface area contributed by atoms with Gasteiger partial charge in [-0.1, -0.05) is 6.92 Å². The third-order valence-corrected chi connectivity index (χ3v) is 7.66. The van der Waals surface area contributed by atoms with E-state index in [9.17, 15) is 13.2 Å². The standard InChI is InChI=1S/C18H26N2O5S2/c1-3-26-13-18(21)19-8-14-9-20(15(10-19)12-25-11-14)27(22,23)17-6-4-16(24-2)5-7-17/h4-7,14-15H,3,8-13H2,1-2H3/t14-,15-/m0/s1. The van der Waals surface area contributed by atoms with Gasteiger partial charge in [0.1, 0.15) is 5.75 Å². The molecule has 2 heterocycles. The smallest absolute Gasteiger partial charge is 0.243 e. The van der Waals surface area contributed by atoms with Crippen molar-refractivity contribution < 1.29 is 22.7 Å². The second-order valence-corrected chi connectivity index (χ2v) is 9.91. The molecule has 1 amide bonds. The lowest BCUT2D eigenvalue weighted by Gasteiger charge is -2.30. The van der Waals surface area contributed by atoms with E-state index in [1.165, 1.54) is 4.31 Å². The third-order valence-electron chi connectivity index (χ3n) is 4.87. The largest absolute Gasteiger partial charge is 0.497 e. The molecule has 27 heavy (non-hydrogen) atoms. The van der Waals surface area contributed by atoms with Gasteiger partial charge in [-0.2, -0.15) is 16.1 Å². The number of benzene rings is 1.